The second-order valence-electron chi connectivity index (χ2n) is 6.83. The van der Waals surface area contributed by atoms with Gasteiger partial charge in [-0.15, -0.1) is 0 Å². The fourth-order valence-corrected chi connectivity index (χ4v) is 3.48. The maximum absolute atomic E-state index is 12.7. The van der Waals surface area contributed by atoms with Crippen molar-refractivity contribution in [2.24, 2.45) is 0 Å². The third kappa shape index (κ3) is 3.93. The van der Waals surface area contributed by atoms with Gasteiger partial charge in [-0.2, -0.15) is 0 Å². The molecule has 1 aromatic carbocycles. The van der Waals surface area contributed by atoms with E-state index in [0.29, 0.717) is 38.3 Å². The SMILES string of the molecule is Cc1cc(C(=O)N2CCN(C[C@H](C)O)CC2)ccc1N1CCNC1=O. The maximum Gasteiger partial charge on any atom is 0.322 e. The number of β-amino-alcohol motifs (C(OH)–C–C–N with tert-alkyl or cyclic N) is 1. The molecule has 7 heteroatoms. The molecule has 2 heterocycles. The van der Waals surface area contributed by atoms with Crippen LogP contribution in [0.15, 0.2) is 18.2 Å². The number of hydrogen-bond acceptors (Lipinski definition) is 4. The summed E-state index contributed by atoms with van der Waals surface area (Å²) in [5.41, 5.74) is 2.44. The molecular weight excluding hydrogens is 320 g/mol. The predicted molar refractivity (Wildman–Crippen MR) is 95.9 cm³/mol. The lowest BCUT2D eigenvalue weighted by molar-refractivity contribution is 0.0554. The Morgan fingerprint density at radius 2 is 1.96 bits per heavy atom. The highest BCUT2D eigenvalue weighted by molar-refractivity contribution is 5.98. The van der Waals surface area contributed by atoms with Gasteiger partial charge in [0.05, 0.1) is 6.10 Å². The summed E-state index contributed by atoms with van der Waals surface area (Å²) in [6, 6.07) is 5.44. The van der Waals surface area contributed by atoms with E-state index in [1.54, 1.807) is 17.9 Å². The molecule has 1 aromatic rings. The Bertz CT molecular complexity index is 654. The molecule has 0 aromatic heterocycles. The minimum Gasteiger partial charge on any atom is -0.392 e. The lowest BCUT2D eigenvalue weighted by atomic mass is 10.1. The number of hydrogen-bond donors (Lipinski definition) is 2. The van der Waals surface area contributed by atoms with Gasteiger partial charge in [0.1, 0.15) is 0 Å². The molecule has 136 valence electrons. The van der Waals surface area contributed by atoms with Crippen LogP contribution in [0.4, 0.5) is 10.5 Å². The number of nitrogens with zero attached hydrogens (tertiary/aromatic N) is 3. The first-order valence-electron chi connectivity index (χ1n) is 8.81. The number of aryl methyl sites for hydroxylation is 1. The molecule has 0 bridgehead atoms. The van der Waals surface area contributed by atoms with Crippen LogP contribution < -0.4 is 10.2 Å². The van der Waals surface area contributed by atoms with Gasteiger partial charge in [-0.3, -0.25) is 14.6 Å². The number of aliphatic hydroxyl groups is 1. The largest absolute Gasteiger partial charge is 0.392 e. The molecule has 0 radical (unpaired) electrons. The number of amides is 3. The number of piperazine rings is 1. The average molecular weight is 346 g/mol. The predicted octanol–water partition coefficient (Wildman–Crippen LogP) is 0.663. The molecule has 3 amide bonds. The molecule has 1 atom stereocenters. The summed E-state index contributed by atoms with van der Waals surface area (Å²) in [6.45, 7) is 8.55. The molecule has 2 aliphatic rings. The highest BCUT2D eigenvalue weighted by Gasteiger charge is 2.25. The Balaban J connectivity index is 1.65. The number of anilines is 1. The zero-order valence-electron chi connectivity index (χ0n) is 14.9. The summed E-state index contributed by atoms with van der Waals surface area (Å²) in [7, 11) is 0. The zero-order valence-corrected chi connectivity index (χ0v) is 14.9. The van der Waals surface area contributed by atoms with Gasteiger partial charge in [0.2, 0.25) is 0 Å². The molecule has 25 heavy (non-hydrogen) atoms. The lowest BCUT2D eigenvalue weighted by Gasteiger charge is -2.35. The molecule has 2 fully saturated rings. The van der Waals surface area contributed by atoms with E-state index in [9.17, 15) is 14.7 Å². The highest BCUT2D eigenvalue weighted by Crippen LogP contribution is 2.23. The number of nitrogens with one attached hydrogen (secondary N) is 1. The van der Waals surface area contributed by atoms with Gasteiger partial charge < -0.3 is 15.3 Å². The number of aliphatic hydroxyl groups excluding tert-OH is 1. The highest BCUT2D eigenvalue weighted by atomic mass is 16.3. The van der Waals surface area contributed by atoms with Crippen LogP contribution in [0.1, 0.15) is 22.8 Å². The van der Waals surface area contributed by atoms with Crippen molar-refractivity contribution < 1.29 is 14.7 Å². The Labute approximate surface area is 148 Å². The fraction of sp³-hybridized carbons (Fsp3) is 0.556. The topological polar surface area (TPSA) is 76.1 Å². The number of urea groups is 1. The molecule has 0 aliphatic carbocycles. The van der Waals surface area contributed by atoms with Crippen molar-refractivity contribution in [1.29, 1.82) is 0 Å². The summed E-state index contributed by atoms with van der Waals surface area (Å²) >= 11 is 0. The van der Waals surface area contributed by atoms with Crippen molar-refractivity contribution in [3.63, 3.8) is 0 Å². The van der Waals surface area contributed by atoms with E-state index in [2.05, 4.69) is 10.2 Å². The number of carbonyl (C=O) groups is 2. The van der Waals surface area contributed by atoms with Gasteiger partial charge in [0.25, 0.3) is 5.91 Å². The van der Waals surface area contributed by atoms with Gasteiger partial charge >= 0.3 is 6.03 Å². The smallest absolute Gasteiger partial charge is 0.322 e. The standard InChI is InChI=1S/C18H26N4O3/c1-13-11-15(3-4-16(13)22-6-5-19-18(22)25)17(24)21-9-7-20(8-10-21)12-14(2)23/h3-4,11,14,23H,5-10,12H2,1-2H3,(H,19,25)/t14-/m0/s1. The van der Waals surface area contributed by atoms with Gasteiger partial charge in [-0.25, -0.2) is 4.79 Å². The molecule has 7 nitrogen and oxygen atoms in total. The summed E-state index contributed by atoms with van der Waals surface area (Å²) in [5, 5.41) is 12.3. The van der Waals surface area contributed by atoms with Crippen molar-refractivity contribution in [3.8, 4) is 0 Å². The Morgan fingerprint density at radius 1 is 1.24 bits per heavy atom. The minimum absolute atomic E-state index is 0.0252. The van der Waals surface area contributed by atoms with Crippen molar-refractivity contribution in [3.05, 3.63) is 29.3 Å². The Kier molecular flexibility index (Phi) is 5.24. The van der Waals surface area contributed by atoms with Gasteiger partial charge in [0, 0.05) is 57.1 Å². The van der Waals surface area contributed by atoms with E-state index in [-0.39, 0.29) is 18.0 Å². The number of carbonyl (C=O) groups excluding carboxylic acids is 2. The first-order chi connectivity index (χ1) is 12.0. The van der Waals surface area contributed by atoms with Gasteiger partial charge in [-0.1, -0.05) is 0 Å². The maximum atomic E-state index is 12.7. The summed E-state index contributed by atoms with van der Waals surface area (Å²) in [4.78, 5) is 30.3. The second kappa shape index (κ2) is 7.41. The molecule has 0 spiro atoms. The summed E-state index contributed by atoms with van der Waals surface area (Å²) in [6.07, 6.45) is -0.347. The zero-order chi connectivity index (χ0) is 18.0. The van der Waals surface area contributed by atoms with Crippen molar-refractivity contribution in [2.45, 2.75) is 20.0 Å². The monoisotopic (exact) mass is 346 g/mol. The average Bonchev–Trinajstić information content (AvgIpc) is 3.00. The van der Waals surface area contributed by atoms with Crippen LogP contribution in [0.2, 0.25) is 0 Å². The summed E-state index contributed by atoms with van der Waals surface area (Å²) < 4.78 is 0. The summed E-state index contributed by atoms with van der Waals surface area (Å²) in [5.74, 6) is 0.0252. The van der Waals surface area contributed by atoms with Crippen LogP contribution >= 0.6 is 0 Å². The van der Waals surface area contributed by atoms with Crippen LogP contribution in [-0.2, 0) is 0 Å². The Hall–Kier alpha value is -2.12. The van der Waals surface area contributed by atoms with Crippen molar-refractivity contribution >= 4 is 17.6 Å². The normalized spacial score (nSPS) is 19.9. The molecular formula is C18H26N4O3. The minimum atomic E-state index is -0.347. The molecule has 0 unspecified atom stereocenters. The van der Waals surface area contributed by atoms with Crippen LogP contribution in [0.5, 0.6) is 0 Å². The Morgan fingerprint density at radius 3 is 2.52 bits per heavy atom. The number of benzene rings is 1. The van der Waals surface area contributed by atoms with E-state index in [0.717, 1.165) is 24.3 Å². The first kappa shape index (κ1) is 17.7. The van der Waals surface area contributed by atoms with E-state index in [1.165, 1.54) is 0 Å². The fourth-order valence-electron chi connectivity index (χ4n) is 3.48. The number of rotatable bonds is 4. The van der Waals surface area contributed by atoms with Crippen LogP contribution in [0.25, 0.3) is 0 Å². The second-order valence-corrected chi connectivity index (χ2v) is 6.83. The third-order valence-corrected chi connectivity index (χ3v) is 4.77. The van der Waals surface area contributed by atoms with Crippen LogP contribution in [0, 0.1) is 6.92 Å². The third-order valence-electron chi connectivity index (χ3n) is 4.77. The molecule has 2 N–H and O–H groups in total. The van der Waals surface area contributed by atoms with Crippen LogP contribution in [0.3, 0.4) is 0 Å². The van der Waals surface area contributed by atoms with E-state index >= 15 is 0 Å². The van der Waals surface area contributed by atoms with E-state index in [4.69, 9.17) is 0 Å². The van der Waals surface area contributed by atoms with Gasteiger partial charge in [-0.05, 0) is 37.6 Å². The van der Waals surface area contributed by atoms with E-state index in [1.807, 2.05) is 24.0 Å². The van der Waals surface area contributed by atoms with Crippen molar-refractivity contribution in [1.82, 2.24) is 15.1 Å². The molecule has 2 aliphatic heterocycles. The quantitative estimate of drug-likeness (QED) is 0.840. The lowest BCUT2D eigenvalue weighted by Crippen LogP contribution is -2.50. The van der Waals surface area contributed by atoms with Crippen LogP contribution in [-0.4, -0.2) is 78.8 Å². The first-order valence-corrected chi connectivity index (χ1v) is 8.81. The molecule has 2 saturated heterocycles. The van der Waals surface area contributed by atoms with E-state index < -0.39 is 0 Å². The van der Waals surface area contributed by atoms with Gasteiger partial charge in [0.15, 0.2) is 0 Å². The molecule has 3 rings (SSSR count). The van der Waals surface area contributed by atoms with Crippen molar-refractivity contribution in [2.75, 3.05) is 50.7 Å². The molecule has 0 saturated carbocycles.